The van der Waals surface area contributed by atoms with Crippen molar-refractivity contribution in [2.24, 2.45) is 0 Å². The molecule has 0 N–H and O–H groups in total. The molecule has 2 heterocycles. The maximum absolute atomic E-state index is 13.4. The Hall–Kier alpha value is -2.02. The Labute approximate surface area is 151 Å². The van der Waals surface area contributed by atoms with Gasteiger partial charge >= 0.3 is 6.18 Å². The number of rotatable bonds is 6. The Morgan fingerprint density at radius 2 is 2.08 bits per heavy atom. The second-order valence-electron chi connectivity index (χ2n) is 6.53. The number of halogens is 3. The summed E-state index contributed by atoms with van der Waals surface area (Å²) in [5.74, 6) is -0.0930. The van der Waals surface area contributed by atoms with E-state index in [0.29, 0.717) is 5.56 Å². The molecule has 142 valence electrons. The summed E-state index contributed by atoms with van der Waals surface area (Å²) in [6.07, 6.45) is 3.95. The van der Waals surface area contributed by atoms with Crippen LogP contribution in [0.15, 0.2) is 36.9 Å². The zero-order valence-electron chi connectivity index (χ0n) is 14.9. The van der Waals surface area contributed by atoms with Crippen LogP contribution in [0, 0.1) is 0 Å². The number of benzene rings is 1. The Kier molecular flexibility index (Phi) is 5.86. The predicted octanol–water partition coefficient (Wildman–Crippen LogP) is 4.53. The number of nitrogens with zero attached hydrogens (tertiary/aromatic N) is 3. The molecule has 0 radical (unpaired) electrons. The second kappa shape index (κ2) is 8.12. The first-order chi connectivity index (χ1) is 12.5. The van der Waals surface area contributed by atoms with Gasteiger partial charge in [0.2, 0.25) is 0 Å². The van der Waals surface area contributed by atoms with Gasteiger partial charge in [0.1, 0.15) is 5.75 Å². The van der Waals surface area contributed by atoms with Crippen molar-refractivity contribution < 1.29 is 17.9 Å². The number of hydrogen-bond donors (Lipinski definition) is 0. The molecule has 1 aliphatic heterocycles. The van der Waals surface area contributed by atoms with E-state index in [9.17, 15) is 13.2 Å². The monoisotopic (exact) mass is 367 g/mol. The first kappa shape index (κ1) is 18.8. The van der Waals surface area contributed by atoms with Gasteiger partial charge in [-0.25, -0.2) is 4.98 Å². The lowest BCUT2D eigenvalue weighted by molar-refractivity contribution is -0.139. The fourth-order valence-corrected chi connectivity index (χ4v) is 3.56. The molecule has 4 nitrogen and oxygen atoms in total. The highest BCUT2D eigenvalue weighted by molar-refractivity contribution is 5.40. The zero-order chi connectivity index (χ0) is 18.6. The summed E-state index contributed by atoms with van der Waals surface area (Å²) >= 11 is 0. The molecule has 0 spiro atoms. The van der Waals surface area contributed by atoms with Gasteiger partial charge in [0.05, 0.1) is 18.5 Å². The molecule has 2 aromatic rings. The molecule has 1 unspecified atom stereocenters. The molecule has 1 saturated heterocycles. The summed E-state index contributed by atoms with van der Waals surface area (Å²) in [5, 5.41) is 0. The van der Waals surface area contributed by atoms with Crippen LogP contribution in [0.25, 0.3) is 0 Å². The molecule has 3 rings (SSSR count). The van der Waals surface area contributed by atoms with Crippen LogP contribution in [0.3, 0.4) is 0 Å². The summed E-state index contributed by atoms with van der Waals surface area (Å²) in [6, 6.07) is 4.51. The number of aromatic nitrogens is 2. The van der Waals surface area contributed by atoms with Crippen molar-refractivity contribution in [1.82, 2.24) is 14.5 Å². The van der Waals surface area contributed by atoms with Crippen LogP contribution in [-0.2, 0) is 12.7 Å². The Bertz CT molecular complexity index is 701. The standard InChI is InChI=1S/C19H24F3N3O/c1-2-26-18-7-6-15(13-16(18)19(20,21)22)17-5-3-4-9-25(17)12-11-24-10-8-23-14-24/h6-8,10,13-14,17H,2-5,9,11-12H2,1H3. The van der Waals surface area contributed by atoms with Gasteiger partial charge in [-0.3, -0.25) is 4.90 Å². The van der Waals surface area contributed by atoms with Crippen LogP contribution in [0.5, 0.6) is 5.75 Å². The third kappa shape index (κ3) is 4.38. The summed E-state index contributed by atoms with van der Waals surface area (Å²) in [7, 11) is 0. The van der Waals surface area contributed by atoms with E-state index in [1.807, 2.05) is 10.8 Å². The van der Waals surface area contributed by atoms with Gasteiger partial charge in [0.15, 0.2) is 0 Å². The molecule has 26 heavy (non-hydrogen) atoms. The summed E-state index contributed by atoms with van der Waals surface area (Å²) in [4.78, 5) is 6.31. The van der Waals surface area contributed by atoms with Gasteiger partial charge in [0.25, 0.3) is 0 Å². The molecule has 1 aromatic carbocycles. The highest BCUT2D eigenvalue weighted by atomic mass is 19.4. The van der Waals surface area contributed by atoms with Gasteiger partial charge < -0.3 is 9.30 Å². The summed E-state index contributed by atoms with van der Waals surface area (Å²) in [5.41, 5.74) is 0.0306. The van der Waals surface area contributed by atoms with Crippen LogP contribution < -0.4 is 4.74 Å². The molecule has 0 bridgehead atoms. The van der Waals surface area contributed by atoms with Crippen molar-refractivity contribution in [3.05, 3.63) is 48.0 Å². The Morgan fingerprint density at radius 1 is 1.23 bits per heavy atom. The van der Waals surface area contributed by atoms with E-state index in [1.165, 1.54) is 12.1 Å². The van der Waals surface area contributed by atoms with Crippen LogP contribution in [-0.4, -0.2) is 34.1 Å². The van der Waals surface area contributed by atoms with Gasteiger partial charge in [-0.1, -0.05) is 12.5 Å². The lowest BCUT2D eigenvalue weighted by Gasteiger charge is -2.36. The molecule has 1 aromatic heterocycles. The minimum atomic E-state index is -4.42. The smallest absolute Gasteiger partial charge is 0.419 e. The molecule has 1 fully saturated rings. The Balaban J connectivity index is 1.82. The normalized spacial score (nSPS) is 18.8. The van der Waals surface area contributed by atoms with Crippen molar-refractivity contribution in [3.63, 3.8) is 0 Å². The van der Waals surface area contributed by atoms with E-state index >= 15 is 0 Å². The fraction of sp³-hybridized carbons (Fsp3) is 0.526. The maximum Gasteiger partial charge on any atom is 0.419 e. The fourth-order valence-electron chi connectivity index (χ4n) is 3.56. The molecular formula is C19H24F3N3O. The highest BCUT2D eigenvalue weighted by Crippen LogP contribution is 2.40. The minimum absolute atomic E-state index is 0.00375. The molecule has 0 aliphatic carbocycles. The van der Waals surface area contributed by atoms with Gasteiger partial charge in [-0.05, 0) is 44.0 Å². The zero-order valence-corrected chi connectivity index (χ0v) is 14.9. The lowest BCUT2D eigenvalue weighted by Crippen LogP contribution is -2.35. The van der Waals surface area contributed by atoms with Crippen molar-refractivity contribution in [3.8, 4) is 5.75 Å². The number of imidazole rings is 1. The summed E-state index contributed by atoms with van der Waals surface area (Å²) < 4.78 is 47.5. The second-order valence-corrected chi connectivity index (χ2v) is 6.53. The van der Waals surface area contributed by atoms with Crippen molar-refractivity contribution >= 4 is 0 Å². The summed E-state index contributed by atoms with van der Waals surface area (Å²) in [6.45, 7) is 4.36. The number of alkyl halides is 3. The molecule has 0 amide bonds. The van der Waals surface area contributed by atoms with E-state index in [4.69, 9.17) is 4.74 Å². The van der Waals surface area contributed by atoms with Crippen molar-refractivity contribution in [2.75, 3.05) is 19.7 Å². The topological polar surface area (TPSA) is 30.3 Å². The maximum atomic E-state index is 13.4. The number of hydrogen-bond acceptors (Lipinski definition) is 3. The van der Waals surface area contributed by atoms with Crippen molar-refractivity contribution in [2.45, 2.75) is 44.9 Å². The molecule has 7 heteroatoms. The third-order valence-electron chi connectivity index (χ3n) is 4.81. The molecule has 0 saturated carbocycles. The molecular weight excluding hydrogens is 343 g/mol. The van der Waals surface area contributed by atoms with E-state index in [1.54, 1.807) is 25.5 Å². The van der Waals surface area contributed by atoms with Crippen LogP contribution in [0.4, 0.5) is 13.2 Å². The highest BCUT2D eigenvalue weighted by Gasteiger charge is 2.36. The number of likely N-dealkylation sites (tertiary alicyclic amines) is 1. The first-order valence-electron chi connectivity index (χ1n) is 9.02. The largest absolute Gasteiger partial charge is 0.493 e. The number of piperidine rings is 1. The third-order valence-corrected chi connectivity index (χ3v) is 4.81. The number of ether oxygens (including phenoxy) is 1. The molecule has 1 aliphatic rings. The van der Waals surface area contributed by atoms with Crippen molar-refractivity contribution in [1.29, 1.82) is 0 Å². The van der Waals surface area contributed by atoms with E-state index in [-0.39, 0.29) is 18.4 Å². The quantitative estimate of drug-likeness (QED) is 0.752. The average Bonchev–Trinajstić information content (AvgIpc) is 3.13. The first-order valence-corrected chi connectivity index (χ1v) is 9.02. The predicted molar refractivity (Wildman–Crippen MR) is 93.0 cm³/mol. The van der Waals surface area contributed by atoms with Crippen LogP contribution in [0.2, 0.25) is 0 Å². The van der Waals surface area contributed by atoms with E-state index < -0.39 is 11.7 Å². The van der Waals surface area contributed by atoms with Crippen LogP contribution >= 0.6 is 0 Å². The van der Waals surface area contributed by atoms with Gasteiger partial charge in [-0.15, -0.1) is 0 Å². The van der Waals surface area contributed by atoms with Gasteiger partial charge in [0, 0.05) is 31.5 Å². The lowest BCUT2D eigenvalue weighted by atomic mass is 9.93. The average molecular weight is 367 g/mol. The van der Waals surface area contributed by atoms with Crippen LogP contribution in [0.1, 0.15) is 43.4 Å². The van der Waals surface area contributed by atoms with E-state index in [2.05, 4.69) is 9.88 Å². The van der Waals surface area contributed by atoms with Gasteiger partial charge in [-0.2, -0.15) is 13.2 Å². The Morgan fingerprint density at radius 3 is 2.77 bits per heavy atom. The SMILES string of the molecule is CCOc1ccc(C2CCCCN2CCn2ccnc2)cc1C(F)(F)F. The minimum Gasteiger partial charge on any atom is -0.493 e. The van der Waals surface area contributed by atoms with E-state index in [0.717, 1.165) is 38.9 Å². The molecule has 1 atom stereocenters.